The van der Waals surface area contributed by atoms with Crippen LogP contribution >= 0.6 is 0 Å². The molecule has 1 heterocycles. The molecule has 1 aliphatic heterocycles. The van der Waals surface area contributed by atoms with Crippen LogP contribution in [0.5, 0.6) is 11.5 Å². The molecule has 4 rings (SSSR count). The Morgan fingerprint density at radius 3 is 1.97 bits per heavy atom. The van der Waals surface area contributed by atoms with Crippen molar-refractivity contribution in [2.24, 2.45) is 0 Å². The van der Waals surface area contributed by atoms with Crippen LogP contribution in [0, 0.1) is 0 Å². The first-order valence-electron chi connectivity index (χ1n) is 12.0. The van der Waals surface area contributed by atoms with Gasteiger partial charge in [-0.2, -0.15) is 0 Å². The van der Waals surface area contributed by atoms with Crippen molar-refractivity contribution in [3.8, 4) is 11.5 Å². The normalized spacial score (nSPS) is 24.3. The van der Waals surface area contributed by atoms with E-state index in [1.807, 2.05) is 28.0 Å². The van der Waals surface area contributed by atoms with Gasteiger partial charge in [0.15, 0.2) is 11.5 Å². The predicted molar refractivity (Wildman–Crippen MR) is 119 cm³/mol. The van der Waals surface area contributed by atoms with Crippen molar-refractivity contribution < 1.29 is 19.1 Å². The zero-order chi connectivity index (χ0) is 21.8. The summed E-state index contributed by atoms with van der Waals surface area (Å²) in [5.74, 6) is 1.39. The van der Waals surface area contributed by atoms with E-state index in [0.717, 1.165) is 56.9 Å². The number of ether oxygens (including phenoxy) is 2. The summed E-state index contributed by atoms with van der Waals surface area (Å²) in [7, 11) is 3.21. The lowest BCUT2D eigenvalue weighted by Crippen LogP contribution is -2.60. The van der Waals surface area contributed by atoms with Gasteiger partial charge in [-0.25, -0.2) is 0 Å². The predicted octanol–water partition coefficient (Wildman–Crippen LogP) is 4.47. The third kappa shape index (κ3) is 4.53. The summed E-state index contributed by atoms with van der Waals surface area (Å²) in [5.41, 5.74) is 0.819. The SMILES string of the molecule is COc1ccc([C@@H]2C(=O)N(C3CCCCCC3)CC(=O)N2C2CCCCC2)cc1OC. The zero-order valence-corrected chi connectivity index (χ0v) is 19.0. The van der Waals surface area contributed by atoms with Gasteiger partial charge in [0.25, 0.3) is 5.91 Å². The van der Waals surface area contributed by atoms with E-state index in [-0.39, 0.29) is 30.4 Å². The van der Waals surface area contributed by atoms with Crippen LogP contribution in [0.2, 0.25) is 0 Å². The van der Waals surface area contributed by atoms with Crippen molar-refractivity contribution in [1.82, 2.24) is 9.80 Å². The number of carbonyl (C=O) groups excluding carboxylic acids is 2. The first-order chi connectivity index (χ1) is 15.1. The van der Waals surface area contributed by atoms with Crippen molar-refractivity contribution in [3.05, 3.63) is 23.8 Å². The third-order valence-corrected chi connectivity index (χ3v) is 7.35. The van der Waals surface area contributed by atoms with E-state index in [2.05, 4.69) is 0 Å². The third-order valence-electron chi connectivity index (χ3n) is 7.35. The van der Waals surface area contributed by atoms with Crippen LogP contribution in [0.4, 0.5) is 0 Å². The van der Waals surface area contributed by atoms with Crippen LogP contribution in [-0.4, -0.2) is 54.5 Å². The molecule has 0 unspecified atom stereocenters. The fourth-order valence-corrected chi connectivity index (χ4v) is 5.70. The van der Waals surface area contributed by atoms with Gasteiger partial charge in [0.1, 0.15) is 12.6 Å². The summed E-state index contributed by atoms with van der Waals surface area (Å²) >= 11 is 0. The molecule has 3 aliphatic rings. The highest BCUT2D eigenvalue weighted by Crippen LogP contribution is 2.39. The number of nitrogens with zero attached hydrogens (tertiary/aromatic N) is 2. The number of benzene rings is 1. The summed E-state index contributed by atoms with van der Waals surface area (Å²) in [6.07, 6.45) is 12.1. The Morgan fingerprint density at radius 1 is 0.774 bits per heavy atom. The van der Waals surface area contributed by atoms with Crippen molar-refractivity contribution in [1.29, 1.82) is 0 Å². The fourth-order valence-electron chi connectivity index (χ4n) is 5.70. The Kier molecular flexibility index (Phi) is 7.03. The van der Waals surface area contributed by atoms with E-state index < -0.39 is 6.04 Å². The monoisotopic (exact) mass is 428 g/mol. The van der Waals surface area contributed by atoms with Crippen molar-refractivity contribution in [2.75, 3.05) is 20.8 Å². The van der Waals surface area contributed by atoms with E-state index in [4.69, 9.17) is 9.47 Å². The van der Waals surface area contributed by atoms with Crippen molar-refractivity contribution >= 4 is 11.8 Å². The molecule has 1 aromatic carbocycles. The van der Waals surface area contributed by atoms with Crippen LogP contribution < -0.4 is 9.47 Å². The van der Waals surface area contributed by atoms with Gasteiger partial charge in [0.2, 0.25) is 5.91 Å². The van der Waals surface area contributed by atoms with Gasteiger partial charge < -0.3 is 19.3 Å². The summed E-state index contributed by atoms with van der Waals surface area (Å²) < 4.78 is 10.9. The fraction of sp³-hybridized carbons (Fsp3) is 0.680. The first kappa shape index (κ1) is 22.0. The smallest absolute Gasteiger partial charge is 0.250 e. The van der Waals surface area contributed by atoms with Gasteiger partial charge in [-0.3, -0.25) is 9.59 Å². The molecule has 2 amide bonds. The second-order valence-corrected chi connectivity index (χ2v) is 9.22. The number of piperazine rings is 1. The van der Waals surface area contributed by atoms with Crippen LogP contribution in [0.3, 0.4) is 0 Å². The summed E-state index contributed by atoms with van der Waals surface area (Å²) in [6.45, 7) is 0.226. The highest BCUT2D eigenvalue weighted by Gasteiger charge is 2.45. The van der Waals surface area contributed by atoms with Gasteiger partial charge in [-0.1, -0.05) is 51.0 Å². The molecule has 6 nitrogen and oxygen atoms in total. The number of carbonyl (C=O) groups is 2. The molecule has 2 saturated carbocycles. The maximum absolute atomic E-state index is 14.0. The van der Waals surface area contributed by atoms with Gasteiger partial charge in [-0.15, -0.1) is 0 Å². The van der Waals surface area contributed by atoms with Gasteiger partial charge >= 0.3 is 0 Å². The van der Waals surface area contributed by atoms with E-state index >= 15 is 0 Å². The molecule has 1 saturated heterocycles. The topological polar surface area (TPSA) is 59.1 Å². The van der Waals surface area contributed by atoms with Crippen molar-refractivity contribution in [3.63, 3.8) is 0 Å². The molecule has 170 valence electrons. The van der Waals surface area contributed by atoms with Crippen LogP contribution in [0.25, 0.3) is 0 Å². The second-order valence-electron chi connectivity index (χ2n) is 9.22. The highest BCUT2D eigenvalue weighted by molar-refractivity contribution is 5.96. The highest BCUT2D eigenvalue weighted by atomic mass is 16.5. The average Bonchev–Trinajstić information content (AvgIpc) is 3.09. The number of amides is 2. The maximum Gasteiger partial charge on any atom is 0.250 e. The average molecular weight is 429 g/mol. The standard InChI is InChI=1S/C25H36N2O4/c1-30-21-15-14-18(16-22(21)31-2)24-25(29)26(19-10-6-3-4-7-11-19)17-23(28)27(24)20-12-8-5-9-13-20/h14-16,19-20,24H,3-13,17H2,1-2H3/t24-/m1/s1. The summed E-state index contributed by atoms with van der Waals surface area (Å²) in [6, 6.07) is 5.38. The van der Waals surface area contributed by atoms with Gasteiger partial charge in [-0.05, 0) is 43.4 Å². The zero-order valence-electron chi connectivity index (χ0n) is 19.0. The molecule has 0 N–H and O–H groups in total. The summed E-state index contributed by atoms with van der Waals surface area (Å²) in [4.78, 5) is 31.3. The van der Waals surface area contributed by atoms with Gasteiger partial charge in [0.05, 0.1) is 14.2 Å². The number of rotatable bonds is 5. The Hall–Kier alpha value is -2.24. The number of methoxy groups -OCH3 is 2. The molecule has 31 heavy (non-hydrogen) atoms. The lowest BCUT2D eigenvalue weighted by molar-refractivity contribution is -0.162. The maximum atomic E-state index is 14.0. The van der Waals surface area contributed by atoms with E-state index in [1.165, 1.54) is 19.3 Å². The van der Waals surface area contributed by atoms with Crippen molar-refractivity contribution in [2.45, 2.75) is 88.8 Å². The first-order valence-corrected chi connectivity index (χ1v) is 12.0. The Bertz CT molecular complexity index is 782. The lowest BCUT2D eigenvalue weighted by Gasteiger charge is -2.47. The molecule has 2 aliphatic carbocycles. The van der Waals surface area contributed by atoms with E-state index in [9.17, 15) is 9.59 Å². The number of hydrogen-bond acceptors (Lipinski definition) is 4. The molecule has 0 radical (unpaired) electrons. The molecule has 0 bridgehead atoms. The molecular weight excluding hydrogens is 392 g/mol. The molecule has 1 atom stereocenters. The Labute approximate surface area is 185 Å². The summed E-state index contributed by atoms with van der Waals surface area (Å²) in [5, 5.41) is 0. The second kappa shape index (κ2) is 9.92. The molecule has 6 heteroatoms. The Morgan fingerprint density at radius 2 is 1.35 bits per heavy atom. The molecule has 0 spiro atoms. The molecular formula is C25H36N2O4. The Balaban J connectivity index is 1.71. The molecule has 0 aromatic heterocycles. The minimum absolute atomic E-state index is 0.0734. The molecule has 3 fully saturated rings. The van der Waals surface area contributed by atoms with E-state index in [1.54, 1.807) is 14.2 Å². The van der Waals surface area contributed by atoms with Crippen LogP contribution in [-0.2, 0) is 9.59 Å². The van der Waals surface area contributed by atoms with Gasteiger partial charge in [0, 0.05) is 12.1 Å². The number of hydrogen-bond donors (Lipinski definition) is 0. The largest absolute Gasteiger partial charge is 0.493 e. The van der Waals surface area contributed by atoms with Crippen LogP contribution in [0.1, 0.15) is 82.2 Å². The minimum atomic E-state index is -0.576. The quantitative estimate of drug-likeness (QED) is 0.649. The molecule has 1 aromatic rings. The van der Waals surface area contributed by atoms with Crippen LogP contribution in [0.15, 0.2) is 18.2 Å². The minimum Gasteiger partial charge on any atom is -0.493 e. The van der Waals surface area contributed by atoms with E-state index in [0.29, 0.717) is 11.5 Å². The lowest BCUT2D eigenvalue weighted by atomic mass is 9.89.